The number of para-hydroxylation sites is 3. The maximum Gasteiger partial charge on any atom is 0.137 e. The first-order chi connectivity index (χ1) is 27.8. The molecule has 0 fully saturated rings. The fraction of sp³-hybridized carbons (Fsp3) is 0. The Morgan fingerprint density at radius 2 is 1.02 bits per heavy atom. The number of nitrogens with zero attached hydrogens (tertiary/aromatic N) is 2. The van der Waals surface area contributed by atoms with E-state index in [4.69, 9.17) is 4.42 Å². The zero-order chi connectivity index (χ0) is 36.7. The third kappa shape index (κ3) is 4.70. The molecule has 4 heteroatoms. The van der Waals surface area contributed by atoms with Crippen LogP contribution in [-0.4, -0.2) is 0 Å². The number of thiophene rings is 1. The van der Waals surface area contributed by atoms with E-state index < -0.39 is 0 Å². The summed E-state index contributed by atoms with van der Waals surface area (Å²) in [4.78, 5) is 4.77. The van der Waals surface area contributed by atoms with Gasteiger partial charge in [-0.3, -0.25) is 0 Å². The molecule has 0 N–H and O–H groups in total. The maximum absolute atomic E-state index is 6.86. The molecule has 0 saturated heterocycles. The molecule has 9 aromatic carbocycles. The Morgan fingerprint density at radius 1 is 0.411 bits per heavy atom. The van der Waals surface area contributed by atoms with Crippen molar-refractivity contribution in [2.24, 2.45) is 0 Å². The second-order valence-corrected chi connectivity index (χ2v) is 15.6. The van der Waals surface area contributed by atoms with Gasteiger partial charge in [0.15, 0.2) is 0 Å². The van der Waals surface area contributed by atoms with Gasteiger partial charge in [-0.25, -0.2) is 0 Å². The van der Waals surface area contributed by atoms with E-state index in [1.165, 1.54) is 53.2 Å². The van der Waals surface area contributed by atoms with Crippen LogP contribution in [0.25, 0.3) is 75.1 Å². The van der Waals surface area contributed by atoms with Gasteiger partial charge in [0.25, 0.3) is 0 Å². The Balaban J connectivity index is 1.03. The number of hydrogen-bond donors (Lipinski definition) is 0. The largest absolute Gasteiger partial charge is 0.456 e. The lowest BCUT2D eigenvalue weighted by molar-refractivity contribution is 0.669. The molecule has 0 bridgehead atoms. The van der Waals surface area contributed by atoms with Gasteiger partial charge in [0, 0.05) is 71.3 Å². The van der Waals surface area contributed by atoms with Crippen molar-refractivity contribution in [2.75, 3.05) is 9.80 Å². The Labute approximate surface area is 327 Å². The van der Waals surface area contributed by atoms with Gasteiger partial charge in [-0.2, -0.15) is 0 Å². The van der Waals surface area contributed by atoms with Crippen molar-refractivity contribution in [3.05, 3.63) is 194 Å². The SMILES string of the molecule is c1ccc(N(c2ccc3c(c2)oc2cc(N4c5ccccc5-c5cc6ccccc6cc5-c5ccccc54)ccc23)c2cccc3sc4ccccc4c23)cc1. The minimum Gasteiger partial charge on any atom is -0.456 e. The van der Waals surface area contributed by atoms with Crippen LogP contribution < -0.4 is 9.80 Å². The minimum absolute atomic E-state index is 0.855. The van der Waals surface area contributed by atoms with Crippen LogP contribution in [0, 0.1) is 0 Å². The van der Waals surface area contributed by atoms with Crippen molar-refractivity contribution < 1.29 is 4.42 Å². The third-order valence-corrected chi connectivity index (χ3v) is 12.5. The highest BCUT2D eigenvalue weighted by Crippen LogP contribution is 2.52. The standard InChI is InChI=1S/C52H32N2OS/c1-2-15-35(16-3-1)53(47-22-12-24-51-52(47)42-19-8-11-23-50(42)56-51)36-25-27-40-41-28-26-37(32-49(41)55-48(40)31-36)54-45-20-9-6-17-38(45)43-29-33-13-4-5-14-34(33)30-44(43)39-18-7-10-21-46(39)54/h1-32H. The molecule has 0 atom stereocenters. The molecule has 12 rings (SSSR count). The number of anilines is 6. The Morgan fingerprint density at radius 3 is 1.77 bits per heavy atom. The summed E-state index contributed by atoms with van der Waals surface area (Å²) in [6.07, 6.45) is 0. The monoisotopic (exact) mass is 732 g/mol. The molecule has 0 saturated carbocycles. The number of hydrogen-bond acceptors (Lipinski definition) is 4. The molecule has 1 aliphatic rings. The molecule has 3 nitrogen and oxygen atoms in total. The first-order valence-corrected chi connectivity index (χ1v) is 19.8. The lowest BCUT2D eigenvalue weighted by Crippen LogP contribution is -2.10. The van der Waals surface area contributed by atoms with E-state index >= 15 is 0 Å². The summed E-state index contributed by atoms with van der Waals surface area (Å²) in [6.45, 7) is 0. The average molecular weight is 733 g/mol. The molecule has 3 heterocycles. The van der Waals surface area contributed by atoms with E-state index in [9.17, 15) is 0 Å². The fourth-order valence-corrected chi connectivity index (χ4v) is 9.99. The zero-order valence-electron chi connectivity index (χ0n) is 30.2. The Kier molecular flexibility index (Phi) is 6.80. The van der Waals surface area contributed by atoms with Gasteiger partial charge in [-0.1, -0.05) is 103 Å². The molecule has 56 heavy (non-hydrogen) atoms. The molecule has 11 aromatic rings. The summed E-state index contributed by atoms with van der Waals surface area (Å²) in [5.74, 6) is 0. The number of rotatable bonds is 4. The summed E-state index contributed by atoms with van der Waals surface area (Å²) in [7, 11) is 0. The van der Waals surface area contributed by atoms with E-state index in [0.29, 0.717) is 0 Å². The Bertz CT molecular complexity index is 3250. The van der Waals surface area contributed by atoms with Crippen LogP contribution in [0.15, 0.2) is 199 Å². The van der Waals surface area contributed by atoms with Crippen molar-refractivity contribution in [3.63, 3.8) is 0 Å². The Hall–Kier alpha value is -7.14. The molecule has 0 aliphatic carbocycles. The van der Waals surface area contributed by atoms with Crippen molar-refractivity contribution in [2.45, 2.75) is 0 Å². The molecule has 0 unspecified atom stereocenters. The number of fused-ring (bicyclic) bond motifs is 12. The normalized spacial score (nSPS) is 12.2. The van der Waals surface area contributed by atoms with Crippen LogP contribution >= 0.6 is 11.3 Å². The van der Waals surface area contributed by atoms with Crippen LogP contribution in [0.3, 0.4) is 0 Å². The van der Waals surface area contributed by atoms with Crippen LogP contribution in [0.2, 0.25) is 0 Å². The average Bonchev–Trinajstić information content (AvgIpc) is 3.79. The van der Waals surface area contributed by atoms with E-state index in [1.807, 2.05) is 11.3 Å². The molecule has 0 spiro atoms. The van der Waals surface area contributed by atoms with Crippen LogP contribution in [0.4, 0.5) is 34.1 Å². The lowest BCUT2D eigenvalue weighted by Gasteiger charge is -2.27. The molecule has 2 aromatic heterocycles. The van der Waals surface area contributed by atoms with E-state index in [-0.39, 0.29) is 0 Å². The van der Waals surface area contributed by atoms with Gasteiger partial charge in [-0.15, -0.1) is 11.3 Å². The summed E-state index contributed by atoms with van der Waals surface area (Å²) >= 11 is 1.84. The second-order valence-electron chi connectivity index (χ2n) is 14.5. The molecule has 0 amide bonds. The van der Waals surface area contributed by atoms with Crippen LogP contribution in [0.5, 0.6) is 0 Å². The van der Waals surface area contributed by atoms with Gasteiger partial charge in [0.1, 0.15) is 11.2 Å². The quantitative estimate of drug-likeness (QED) is 0.180. The highest BCUT2D eigenvalue weighted by molar-refractivity contribution is 7.26. The summed E-state index contributed by atoms with van der Waals surface area (Å²) in [6, 6.07) is 70.2. The van der Waals surface area contributed by atoms with Gasteiger partial charge in [0.05, 0.1) is 17.1 Å². The van der Waals surface area contributed by atoms with Crippen LogP contribution in [0.1, 0.15) is 0 Å². The number of furan rings is 1. The summed E-state index contributed by atoms with van der Waals surface area (Å²) < 4.78 is 9.42. The van der Waals surface area contributed by atoms with Gasteiger partial charge < -0.3 is 14.2 Å². The van der Waals surface area contributed by atoms with E-state index in [0.717, 1.165) is 56.1 Å². The van der Waals surface area contributed by atoms with E-state index in [2.05, 4.69) is 204 Å². The first-order valence-electron chi connectivity index (χ1n) is 19.0. The fourth-order valence-electron chi connectivity index (χ4n) is 8.87. The second kappa shape index (κ2) is 12.2. The first kappa shape index (κ1) is 31.2. The smallest absolute Gasteiger partial charge is 0.137 e. The van der Waals surface area contributed by atoms with Crippen molar-refractivity contribution in [1.82, 2.24) is 0 Å². The highest BCUT2D eigenvalue weighted by atomic mass is 32.1. The molecular formula is C52H32N2OS. The van der Waals surface area contributed by atoms with Crippen molar-refractivity contribution in [3.8, 4) is 22.3 Å². The van der Waals surface area contributed by atoms with Crippen molar-refractivity contribution in [1.29, 1.82) is 0 Å². The van der Waals surface area contributed by atoms with Gasteiger partial charge in [0.2, 0.25) is 0 Å². The molecular weight excluding hydrogens is 701 g/mol. The molecule has 262 valence electrons. The zero-order valence-corrected chi connectivity index (χ0v) is 31.0. The van der Waals surface area contributed by atoms with Crippen LogP contribution in [-0.2, 0) is 0 Å². The molecule has 1 aliphatic heterocycles. The van der Waals surface area contributed by atoms with Gasteiger partial charge >= 0.3 is 0 Å². The third-order valence-electron chi connectivity index (χ3n) is 11.3. The molecule has 0 radical (unpaired) electrons. The topological polar surface area (TPSA) is 19.6 Å². The highest BCUT2D eigenvalue weighted by Gasteiger charge is 2.27. The minimum atomic E-state index is 0.855. The predicted molar refractivity (Wildman–Crippen MR) is 238 cm³/mol. The maximum atomic E-state index is 6.86. The number of benzene rings is 9. The lowest BCUT2D eigenvalue weighted by atomic mass is 9.91. The van der Waals surface area contributed by atoms with Gasteiger partial charge in [-0.05, 0) is 101 Å². The summed E-state index contributed by atoms with van der Waals surface area (Å²) in [5.41, 5.74) is 13.2. The van der Waals surface area contributed by atoms with Crippen molar-refractivity contribution >= 4 is 98.3 Å². The van der Waals surface area contributed by atoms with E-state index in [1.54, 1.807) is 0 Å². The summed E-state index contributed by atoms with van der Waals surface area (Å²) in [5, 5.41) is 7.20. The predicted octanol–water partition coefficient (Wildman–Crippen LogP) is 15.7.